The molecule has 1 aromatic carbocycles. The van der Waals surface area contributed by atoms with E-state index in [-0.39, 0.29) is 0 Å². The van der Waals surface area contributed by atoms with Crippen molar-refractivity contribution in [2.45, 2.75) is 6.92 Å². The highest BCUT2D eigenvalue weighted by atomic mass is 15.5. The molecule has 3 rings (SSSR count). The number of H-pyrrole nitrogens is 1. The van der Waals surface area contributed by atoms with Crippen LogP contribution in [0, 0.1) is 0 Å². The van der Waals surface area contributed by atoms with Gasteiger partial charge >= 0.3 is 5.82 Å². The summed E-state index contributed by atoms with van der Waals surface area (Å²) in [5.74, 6) is 0.721. The summed E-state index contributed by atoms with van der Waals surface area (Å²) in [4.78, 5) is 0. The van der Waals surface area contributed by atoms with Crippen LogP contribution in [-0.2, 0) is 0 Å². The minimum Gasteiger partial charge on any atom is -0.251 e. The zero-order valence-electron chi connectivity index (χ0n) is 9.33. The van der Waals surface area contributed by atoms with Gasteiger partial charge in [-0.1, -0.05) is 40.6 Å². The van der Waals surface area contributed by atoms with Gasteiger partial charge in [-0.25, -0.2) is 0 Å². The second kappa shape index (κ2) is 3.95. The number of rotatable bonds is 2. The average Bonchev–Trinajstić information content (AvgIpc) is 2.98. The van der Waals surface area contributed by atoms with E-state index in [2.05, 4.69) is 20.5 Å². The first-order chi connectivity index (χ1) is 8.36. The molecule has 0 bridgehead atoms. The minimum absolute atomic E-state index is 0.721. The number of hydrazone groups is 1. The van der Waals surface area contributed by atoms with E-state index in [9.17, 15) is 0 Å². The summed E-state index contributed by atoms with van der Waals surface area (Å²) in [6, 6.07) is 9.97. The van der Waals surface area contributed by atoms with Gasteiger partial charge in [0.1, 0.15) is 0 Å². The van der Waals surface area contributed by atoms with E-state index in [1.807, 2.05) is 43.3 Å². The van der Waals surface area contributed by atoms with Crippen LogP contribution in [-0.4, -0.2) is 21.6 Å². The van der Waals surface area contributed by atoms with E-state index in [1.54, 1.807) is 11.2 Å². The van der Waals surface area contributed by atoms with Gasteiger partial charge in [-0.15, -0.1) is 0 Å². The van der Waals surface area contributed by atoms with E-state index >= 15 is 0 Å². The summed E-state index contributed by atoms with van der Waals surface area (Å²) < 4.78 is 0. The number of hydrogen-bond acceptors (Lipinski definition) is 4. The Balaban J connectivity index is 2.06. The lowest BCUT2D eigenvalue weighted by Gasteiger charge is -1.99. The third-order valence-electron chi connectivity index (χ3n) is 2.63. The average molecular weight is 225 g/mol. The summed E-state index contributed by atoms with van der Waals surface area (Å²) in [7, 11) is 0. The highest BCUT2D eigenvalue weighted by Crippen LogP contribution is 2.29. The Morgan fingerprint density at radius 3 is 2.71 bits per heavy atom. The molecule has 0 fully saturated rings. The fraction of sp³-hybridized carbons (Fsp3) is 0.0833. The molecule has 0 unspecified atom stereocenters. The summed E-state index contributed by atoms with van der Waals surface area (Å²) in [5, 5.41) is 16.9. The molecule has 0 atom stereocenters. The number of aromatic amines is 1. The molecule has 1 aliphatic rings. The van der Waals surface area contributed by atoms with Crippen LogP contribution >= 0.6 is 0 Å². The van der Waals surface area contributed by atoms with E-state index in [1.165, 1.54) is 0 Å². The molecule has 5 nitrogen and oxygen atoms in total. The van der Waals surface area contributed by atoms with Crippen LogP contribution in [0.25, 0.3) is 11.3 Å². The molecule has 83 valence electrons. The predicted octanol–water partition coefficient (Wildman–Crippen LogP) is 2.15. The number of benzene rings is 1. The van der Waals surface area contributed by atoms with Gasteiger partial charge in [0, 0.05) is 18.6 Å². The Morgan fingerprint density at radius 1 is 1.18 bits per heavy atom. The molecular weight excluding hydrogens is 214 g/mol. The lowest BCUT2D eigenvalue weighted by atomic mass is 10.1. The maximum Gasteiger partial charge on any atom is 0.358 e. The normalized spacial score (nSPS) is 15.2. The van der Waals surface area contributed by atoms with Gasteiger partial charge in [-0.3, -0.25) is 5.10 Å². The van der Waals surface area contributed by atoms with Gasteiger partial charge < -0.3 is 0 Å². The Labute approximate surface area is 98.5 Å². The molecule has 1 aromatic heterocycles. The number of hydrogen-bond donors (Lipinski definition) is 1. The molecule has 1 radical (unpaired) electrons. The van der Waals surface area contributed by atoms with Gasteiger partial charge in [0.05, 0.1) is 11.2 Å². The predicted molar refractivity (Wildman–Crippen MR) is 65.9 cm³/mol. The Morgan fingerprint density at radius 2 is 2.00 bits per heavy atom. The van der Waals surface area contributed by atoms with Crippen LogP contribution in [0.5, 0.6) is 0 Å². The summed E-state index contributed by atoms with van der Waals surface area (Å²) in [6.07, 6.45) is 3.68. The Bertz CT molecular complexity index is 582. The molecule has 2 aromatic rings. The molecule has 0 amide bonds. The first kappa shape index (κ1) is 9.92. The van der Waals surface area contributed by atoms with Gasteiger partial charge in [0.25, 0.3) is 0 Å². The monoisotopic (exact) mass is 225 g/mol. The Kier molecular flexibility index (Phi) is 2.31. The quantitative estimate of drug-likeness (QED) is 0.796. The van der Waals surface area contributed by atoms with Crippen molar-refractivity contribution >= 4 is 12.0 Å². The smallest absolute Gasteiger partial charge is 0.251 e. The van der Waals surface area contributed by atoms with Crippen molar-refractivity contribution in [2.24, 2.45) is 5.10 Å². The summed E-state index contributed by atoms with van der Waals surface area (Å²) in [6.45, 7) is 1.98. The van der Waals surface area contributed by atoms with Crippen LogP contribution in [0.4, 0.5) is 5.82 Å². The van der Waals surface area contributed by atoms with Crippen LogP contribution in [0.2, 0.25) is 0 Å². The first-order valence-corrected chi connectivity index (χ1v) is 5.34. The zero-order valence-corrected chi connectivity index (χ0v) is 9.33. The van der Waals surface area contributed by atoms with Gasteiger partial charge in [0.15, 0.2) is 11.4 Å². The Hall–Kier alpha value is -2.27. The van der Waals surface area contributed by atoms with Crippen molar-refractivity contribution < 1.29 is 0 Å². The molecule has 5 heteroatoms. The van der Waals surface area contributed by atoms with Crippen molar-refractivity contribution in [2.75, 3.05) is 0 Å². The van der Waals surface area contributed by atoms with Crippen LogP contribution in [0.1, 0.15) is 6.92 Å². The third-order valence-corrected chi connectivity index (χ3v) is 2.63. The molecule has 0 spiro atoms. The maximum atomic E-state index is 4.24. The first-order valence-electron chi connectivity index (χ1n) is 5.34. The molecule has 2 heterocycles. The molecular formula is C12H11N5+. The maximum absolute atomic E-state index is 4.24. The number of aromatic nitrogens is 3. The zero-order chi connectivity index (χ0) is 11.7. The van der Waals surface area contributed by atoms with Gasteiger partial charge in [-0.05, 0) is 5.10 Å². The molecule has 0 saturated carbocycles. The lowest BCUT2D eigenvalue weighted by molar-refractivity contribution is 0.675. The standard InChI is InChI=1S/C12H11N5/c1-9-7-8-13-17(9)12-11(14-16-15-12)10-5-3-2-4-6-10/h2-8H,1H3,(H,14,15,16)/q+1. The molecule has 1 N–H and O–H groups in total. The second-order valence-corrected chi connectivity index (χ2v) is 3.76. The van der Waals surface area contributed by atoms with Crippen LogP contribution < -0.4 is 5.01 Å². The highest BCUT2D eigenvalue weighted by Gasteiger charge is 2.32. The number of nitrogens with one attached hydrogen (secondary N) is 1. The van der Waals surface area contributed by atoms with Crippen molar-refractivity contribution in [3.8, 4) is 11.3 Å². The molecule has 0 aliphatic carbocycles. The van der Waals surface area contributed by atoms with Gasteiger partial charge in [0.2, 0.25) is 0 Å². The highest BCUT2D eigenvalue weighted by molar-refractivity contribution is 5.78. The third kappa shape index (κ3) is 1.66. The molecule has 1 aliphatic heterocycles. The number of nitrogens with zero attached hydrogens (tertiary/aromatic N) is 4. The fourth-order valence-electron chi connectivity index (χ4n) is 1.76. The van der Waals surface area contributed by atoms with Gasteiger partial charge in [-0.2, -0.15) is 0 Å². The topological polar surface area (TPSA) is 59.8 Å². The lowest BCUT2D eigenvalue weighted by Crippen LogP contribution is -2.12. The SMILES string of the molecule is CC1=CC=N[N+]1c1nn[nH]c1-c1ccccc1. The van der Waals surface area contributed by atoms with E-state index in [4.69, 9.17) is 0 Å². The van der Waals surface area contributed by atoms with Crippen molar-refractivity contribution in [3.05, 3.63) is 42.1 Å². The van der Waals surface area contributed by atoms with Crippen molar-refractivity contribution in [1.82, 2.24) is 20.4 Å². The second-order valence-electron chi connectivity index (χ2n) is 3.76. The summed E-state index contributed by atoms with van der Waals surface area (Å²) >= 11 is 0. The van der Waals surface area contributed by atoms with E-state index in [0.717, 1.165) is 22.8 Å². The van der Waals surface area contributed by atoms with Crippen molar-refractivity contribution in [3.63, 3.8) is 0 Å². The van der Waals surface area contributed by atoms with Crippen LogP contribution in [0.15, 0.2) is 47.2 Å². The fourth-order valence-corrected chi connectivity index (χ4v) is 1.76. The van der Waals surface area contributed by atoms with Crippen LogP contribution in [0.3, 0.4) is 0 Å². The number of anilines is 1. The molecule has 0 saturated heterocycles. The largest absolute Gasteiger partial charge is 0.358 e. The number of allylic oxidation sites excluding steroid dienone is 2. The minimum atomic E-state index is 0.721. The molecule has 17 heavy (non-hydrogen) atoms. The van der Waals surface area contributed by atoms with Crippen molar-refractivity contribution in [1.29, 1.82) is 0 Å². The summed E-state index contributed by atoms with van der Waals surface area (Å²) in [5.41, 5.74) is 2.94. The van der Waals surface area contributed by atoms with E-state index < -0.39 is 0 Å². The van der Waals surface area contributed by atoms with E-state index in [0.29, 0.717) is 0 Å².